The van der Waals surface area contributed by atoms with Gasteiger partial charge >= 0.3 is 0 Å². The smallest absolute Gasteiger partial charge is 0.227 e. The van der Waals surface area contributed by atoms with Crippen molar-refractivity contribution in [1.82, 2.24) is 19.1 Å². The van der Waals surface area contributed by atoms with E-state index in [2.05, 4.69) is 167 Å². The minimum absolute atomic E-state index is 0.563. The number of rotatable bonds is 5. The maximum Gasteiger partial charge on any atom is 0.227 e. The molecule has 6 heterocycles. The van der Waals surface area contributed by atoms with Gasteiger partial charge in [-0.1, -0.05) is 84.9 Å². The van der Waals surface area contributed by atoms with Gasteiger partial charge in [-0.3, -0.25) is 0 Å². The lowest BCUT2D eigenvalue weighted by atomic mass is 10.1. The molecule has 10 aromatic carbocycles. The summed E-state index contributed by atoms with van der Waals surface area (Å²) in [5.74, 6) is 1.13. The van der Waals surface area contributed by atoms with Crippen LogP contribution in [0.4, 0.5) is 0 Å². The normalized spacial score (nSPS) is 12.3. The van der Waals surface area contributed by atoms with Crippen LogP contribution in [0.3, 0.4) is 0 Å². The summed E-state index contributed by atoms with van der Waals surface area (Å²) in [6, 6.07) is 71.4. The molecule has 0 aliphatic carbocycles. The van der Waals surface area contributed by atoms with E-state index < -0.39 is 0 Å². The zero-order chi connectivity index (χ0) is 45.6. The van der Waals surface area contributed by atoms with Crippen LogP contribution in [0.15, 0.2) is 224 Å². The summed E-state index contributed by atoms with van der Waals surface area (Å²) >= 11 is 0. The van der Waals surface area contributed by atoms with Crippen molar-refractivity contribution in [3.8, 4) is 45.4 Å². The van der Waals surface area contributed by atoms with Gasteiger partial charge in [-0.25, -0.2) is 9.97 Å². The molecule has 0 bridgehead atoms. The Kier molecular flexibility index (Phi) is 7.46. The van der Waals surface area contributed by atoms with E-state index in [4.69, 9.17) is 27.6 Å². The van der Waals surface area contributed by atoms with E-state index in [0.717, 1.165) is 132 Å². The van der Waals surface area contributed by atoms with Crippen molar-refractivity contribution in [2.75, 3.05) is 0 Å². The molecule has 16 rings (SSSR count). The van der Waals surface area contributed by atoms with Crippen molar-refractivity contribution in [2.24, 2.45) is 0 Å². The first-order chi connectivity index (χ1) is 34.7. The number of benzene rings is 10. The summed E-state index contributed by atoms with van der Waals surface area (Å²) in [6.07, 6.45) is 0. The van der Waals surface area contributed by atoms with E-state index in [1.807, 2.05) is 48.5 Å². The summed E-state index contributed by atoms with van der Waals surface area (Å²) in [6.45, 7) is 0. The number of oxazole rings is 2. The molecule has 0 aliphatic heterocycles. The molecule has 0 saturated carbocycles. The fourth-order valence-corrected chi connectivity index (χ4v) is 11.0. The molecule has 0 atom stereocenters. The quantitative estimate of drug-likeness (QED) is 0.171. The summed E-state index contributed by atoms with van der Waals surface area (Å²) in [5.41, 5.74) is 16.8. The number of nitrogens with zero attached hydrogens (tertiary/aromatic N) is 4. The number of hydrogen-bond donors (Lipinski definition) is 0. The molecule has 0 saturated heterocycles. The maximum absolute atomic E-state index is 6.50. The van der Waals surface area contributed by atoms with Crippen LogP contribution in [0, 0.1) is 0 Å². The van der Waals surface area contributed by atoms with Crippen molar-refractivity contribution in [3.05, 3.63) is 206 Å². The lowest BCUT2D eigenvalue weighted by Crippen LogP contribution is -1.93. The van der Waals surface area contributed by atoms with Gasteiger partial charge in [0.25, 0.3) is 0 Å². The molecule has 0 amide bonds. The molecule has 0 aliphatic rings. The highest BCUT2D eigenvalue weighted by Crippen LogP contribution is 2.43. The van der Waals surface area contributed by atoms with Gasteiger partial charge in [-0.2, -0.15) is 0 Å². The van der Waals surface area contributed by atoms with Gasteiger partial charge in [0.15, 0.2) is 11.2 Å². The van der Waals surface area contributed by atoms with Crippen LogP contribution >= 0.6 is 0 Å². The molecule has 16 aromatic rings. The van der Waals surface area contributed by atoms with Gasteiger partial charge in [0.1, 0.15) is 33.4 Å². The monoisotopic (exact) mass is 898 g/mol. The standard InChI is InChI=1S/C62H34N4O4/c1-5-13-49-45(11-1)57-51(31-27-43-41-9-3-7-15-53(41)67-59(43)57)65(49)39-23-17-35(18-24-39)61-63-47-29-21-37(33-55(47)69-61)38-22-30-48-56(34-38)70-62(64-48)36-19-25-40(26-20-36)66-50-14-6-2-12-46(50)58-52(66)32-28-44-42-10-4-8-16-54(42)68-60(44)58/h1-34H. The Labute approximate surface area is 396 Å². The Balaban J connectivity index is 0.700. The van der Waals surface area contributed by atoms with E-state index >= 15 is 0 Å². The van der Waals surface area contributed by atoms with Crippen LogP contribution in [0.2, 0.25) is 0 Å². The second-order valence-electron chi connectivity index (χ2n) is 18.1. The third kappa shape index (κ3) is 5.29. The number of fused-ring (bicyclic) bond motifs is 16. The summed E-state index contributed by atoms with van der Waals surface area (Å²) in [7, 11) is 0. The van der Waals surface area contributed by atoms with Crippen molar-refractivity contribution in [1.29, 1.82) is 0 Å². The molecule has 326 valence electrons. The molecule has 0 N–H and O–H groups in total. The summed E-state index contributed by atoms with van der Waals surface area (Å²) in [5, 5.41) is 9.01. The Bertz CT molecular complexity index is 4520. The number of para-hydroxylation sites is 4. The van der Waals surface area contributed by atoms with E-state index in [1.165, 1.54) is 0 Å². The molecule has 6 aromatic heterocycles. The predicted molar refractivity (Wildman–Crippen MR) is 281 cm³/mol. The van der Waals surface area contributed by atoms with E-state index in [-0.39, 0.29) is 0 Å². The van der Waals surface area contributed by atoms with Gasteiger partial charge in [0, 0.05) is 54.8 Å². The average Bonchev–Trinajstić information content (AvgIpc) is 4.28. The Hall–Kier alpha value is -9.66. The van der Waals surface area contributed by atoms with Crippen molar-refractivity contribution in [2.45, 2.75) is 0 Å². The first kappa shape index (κ1) is 37.4. The zero-order valence-electron chi connectivity index (χ0n) is 37.1. The van der Waals surface area contributed by atoms with Gasteiger partial charge in [-0.05, 0) is 132 Å². The summed E-state index contributed by atoms with van der Waals surface area (Å²) in [4.78, 5) is 9.81. The van der Waals surface area contributed by atoms with Crippen LogP contribution in [0.5, 0.6) is 0 Å². The molecule has 8 heteroatoms. The number of furan rings is 2. The fraction of sp³-hybridized carbons (Fsp3) is 0. The van der Waals surface area contributed by atoms with Gasteiger partial charge < -0.3 is 26.8 Å². The highest BCUT2D eigenvalue weighted by molar-refractivity contribution is 6.25. The van der Waals surface area contributed by atoms with E-state index in [9.17, 15) is 0 Å². The first-order valence-electron chi connectivity index (χ1n) is 23.4. The maximum atomic E-state index is 6.50. The van der Waals surface area contributed by atoms with Crippen molar-refractivity contribution < 1.29 is 17.7 Å². The topological polar surface area (TPSA) is 88.2 Å². The zero-order valence-corrected chi connectivity index (χ0v) is 37.1. The first-order valence-corrected chi connectivity index (χ1v) is 23.4. The molecule has 0 unspecified atom stereocenters. The minimum atomic E-state index is 0.563. The van der Waals surface area contributed by atoms with E-state index in [0.29, 0.717) is 22.9 Å². The lowest BCUT2D eigenvalue weighted by Gasteiger charge is -2.08. The lowest BCUT2D eigenvalue weighted by molar-refractivity contribution is 0.619. The molecule has 8 nitrogen and oxygen atoms in total. The molecule has 0 fully saturated rings. The molecular formula is C62H34N4O4. The SMILES string of the molecule is c1ccc2c(c1)oc1c2ccc2c1c1ccccc1n2-c1ccc(-c2nc3ccc(-c4ccc5nc(-c6ccc(-n7c8ccccc8c8c9oc%10ccccc%10c9ccc87)cc6)oc5c4)cc3o2)cc1. The van der Waals surface area contributed by atoms with Crippen LogP contribution in [0.25, 0.3) is 155 Å². The van der Waals surface area contributed by atoms with Crippen LogP contribution in [-0.4, -0.2) is 19.1 Å². The third-order valence-corrected chi connectivity index (χ3v) is 14.2. The van der Waals surface area contributed by atoms with Crippen LogP contribution in [0.1, 0.15) is 0 Å². The highest BCUT2D eigenvalue weighted by atomic mass is 16.4. The summed E-state index contributed by atoms with van der Waals surface area (Å²) < 4.78 is 30.5. The molecule has 70 heavy (non-hydrogen) atoms. The van der Waals surface area contributed by atoms with Gasteiger partial charge in [0.2, 0.25) is 11.8 Å². The number of hydrogen-bond acceptors (Lipinski definition) is 6. The van der Waals surface area contributed by atoms with E-state index in [1.54, 1.807) is 0 Å². The molecule has 0 spiro atoms. The van der Waals surface area contributed by atoms with Crippen LogP contribution in [-0.2, 0) is 0 Å². The Morgan fingerprint density at radius 3 is 1.14 bits per heavy atom. The fourth-order valence-electron chi connectivity index (χ4n) is 11.0. The second kappa shape index (κ2) is 13.9. The largest absolute Gasteiger partial charge is 0.455 e. The predicted octanol–water partition coefficient (Wildman–Crippen LogP) is 17.0. The second-order valence-corrected chi connectivity index (χ2v) is 18.1. The Morgan fingerprint density at radius 1 is 0.286 bits per heavy atom. The van der Waals surface area contributed by atoms with Crippen molar-refractivity contribution >= 4 is 110 Å². The van der Waals surface area contributed by atoms with Crippen molar-refractivity contribution in [3.63, 3.8) is 0 Å². The average molecular weight is 899 g/mol. The third-order valence-electron chi connectivity index (χ3n) is 14.2. The van der Waals surface area contributed by atoms with Gasteiger partial charge in [0.05, 0.1) is 32.8 Å². The van der Waals surface area contributed by atoms with Crippen LogP contribution < -0.4 is 0 Å². The molecular weight excluding hydrogens is 865 g/mol. The Morgan fingerprint density at radius 2 is 0.686 bits per heavy atom. The molecule has 0 radical (unpaired) electrons. The minimum Gasteiger partial charge on any atom is -0.455 e. The number of aromatic nitrogens is 4. The highest BCUT2D eigenvalue weighted by Gasteiger charge is 2.21. The van der Waals surface area contributed by atoms with Gasteiger partial charge in [-0.15, -0.1) is 0 Å².